The highest BCUT2D eigenvalue weighted by Gasteiger charge is 2.06. The van der Waals surface area contributed by atoms with Crippen LogP contribution in [0.15, 0.2) is 0 Å². The van der Waals surface area contributed by atoms with Gasteiger partial charge in [-0.15, -0.1) is 0 Å². The van der Waals surface area contributed by atoms with Crippen molar-refractivity contribution in [2.24, 2.45) is 0 Å². The van der Waals surface area contributed by atoms with Crippen molar-refractivity contribution >= 4 is 11.9 Å². The summed E-state index contributed by atoms with van der Waals surface area (Å²) in [7, 11) is 0. The molecule has 0 spiro atoms. The quantitative estimate of drug-likeness (QED) is 0.589. The van der Waals surface area contributed by atoms with E-state index in [2.05, 4.69) is 9.47 Å². The van der Waals surface area contributed by atoms with Crippen LogP contribution in [0.25, 0.3) is 0 Å². The molecule has 0 heterocycles. The number of ether oxygens (including phenoxy) is 2. The van der Waals surface area contributed by atoms with Gasteiger partial charge in [0.15, 0.2) is 6.61 Å². The van der Waals surface area contributed by atoms with Gasteiger partial charge in [-0.1, -0.05) is 13.3 Å². The molecule has 0 bridgehead atoms. The third-order valence-corrected chi connectivity index (χ3v) is 1.39. The lowest BCUT2D eigenvalue weighted by Crippen LogP contribution is -2.16. The maximum absolute atomic E-state index is 10.9. The van der Waals surface area contributed by atoms with Gasteiger partial charge in [0, 0.05) is 6.42 Å². The van der Waals surface area contributed by atoms with Gasteiger partial charge in [0.25, 0.3) is 0 Å². The van der Waals surface area contributed by atoms with Crippen LogP contribution in [-0.4, -0.2) is 25.2 Å². The molecule has 76 valence electrons. The minimum atomic E-state index is -0.493. The van der Waals surface area contributed by atoms with E-state index in [0.29, 0.717) is 13.0 Å². The van der Waals surface area contributed by atoms with Gasteiger partial charge in [0.05, 0.1) is 6.61 Å². The normalized spacial score (nSPS) is 9.38. The molecule has 0 radical (unpaired) electrons. The fraction of sp³-hybridized carbons (Fsp3) is 0.778. The van der Waals surface area contributed by atoms with Crippen molar-refractivity contribution in [1.29, 1.82) is 0 Å². The fourth-order valence-corrected chi connectivity index (χ4v) is 0.735. The molecule has 0 saturated carbocycles. The summed E-state index contributed by atoms with van der Waals surface area (Å²) in [6, 6.07) is 0. The summed E-state index contributed by atoms with van der Waals surface area (Å²) in [6.07, 6.45) is 2.10. The molecule has 0 amide bonds. The van der Waals surface area contributed by atoms with Crippen molar-refractivity contribution in [3.8, 4) is 0 Å². The van der Waals surface area contributed by atoms with Gasteiger partial charge in [-0.25, -0.2) is 4.79 Å². The molecule has 0 saturated heterocycles. The lowest BCUT2D eigenvalue weighted by atomic mass is 10.2. The Balaban J connectivity index is 3.40. The first-order valence-electron chi connectivity index (χ1n) is 4.52. The minimum absolute atomic E-state index is 0.267. The predicted octanol–water partition coefficient (Wildman–Crippen LogP) is 1.28. The van der Waals surface area contributed by atoms with Crippen molar-refractivity contribution in [1.82, 2.24) is 0 Å². The molecular weight excluding hydrogens is 172 g/mol. The summed E-state index contributed by atoms with van der Waals surface area (Å²) in [5.41, 5.74) is 0. The number of unbranched alkanes of at least 4 members (excludes halogenated alkanes) is 1. The first-order chi connectivity index (χ1) is 6.20. The van der Waals surface area contributed by atoms with Crippen molar-refractivity contribution in [2.45, 2.75) is 33.1 Å². The SMILES string of the molecule is CCCCC(=O)OCC(=O)OCC. The van der Waals surface area contributed by atoms with Crippen molar-refractivity contribution in [3.05, 3.63) is 0 Å². The van der Waals surface area contributed by atoms with E-state index in [9.17, 15) is 9.59 Å². The first kappa shape index (κ1) is 11.9. The number of carbonyl (C=O) groups excluding carboxylic acids is 2. The maximum atomic E-state index is 10.9. The van der Waals surface area contributed by atoms with Crippen LogP contribution in [0.4, 0.5) is 0 Å². The fourth-order valence-electron chi connectivity index (χ4n) is 0.735. The molecule has 0 aliphatic rings. The maximum Gasteiger partial charge on any atom is 0.344 e. The van der Waals surface area contributed by atoms with Crippen LogP contribution in [0, 0.1) is 0 Å². The van der Waals surface area contributed by atoms with Gasteiger partial charge >= 0.3 is 11.9 Å². The molecule has 0 rings (SSSR count). The number of hydrogen-bond acceptors (Lipinski definition) is 4. The van der Waals surface area contributed by atoms with E-state index < -0.39 is 5.97 Å². The second-order valence-electron chi connectivity index (χ2n) is 2.57. The number of carbonyl (C=O) groups is 2. The van der Waals surface area contributed by atoms with E-state index in [4.69, 9.17) is 0 Å². The van der Waals surface area contributed by atoms with E-state index in [1.54, 1.807) is 6.92 Å². The predicted molar refractivity (Wildman–Crippen MR) is 47.1 cm³/mol. The van der Waals surface area contributed by atoms with E-state index in [0.717, 1.165) is 12.8 Å². The molecule has 0 aromatic heterocycles. The zero-order valence-corrected chi connectivity index (χ0v) is 8.17. The third-order valence-electron chi connectivity index (χ3n) is 1.39. The molecule has 0 atom stereocenters. The molecule has 4 heteroatoms. The molecule has 4 nitrogen and oxygen atoms in total. The van der Waals surface area contributed by atoms with Crippen molar-refractivity contribution in [3.63, 3.8) is 0 Å². The van der Waals surface area contributed by atoms with Crippen LogP contribution in [0.2, 0.25) is 0 Å². The molecular formula is C9H16O4. The largest absolute Gasteiger partial charge is 0.463 e. The second kappa shape index (κ2) is 7.58. The number of esters is 2. The van der Waals surface area contributed by atoms with Crippen LogP contribution in [0.3, 0.4) is 0 Å². The molecule has 0 aromatic carbocycles. The van der Waals surface area contributed by atoms with Gasteiger partial charge in [0.2, 0.25) is 0 Å². The standard InChI is InChI=1S/C9H16O4/c1-3-5-6-8(10)13-7-9(11)12-4-2/h3-7H2,1-2H3. The van der Waals surface area contributed by atoms with Gasteiger partial charge < -0.3 is 9.47 Å². The Hall–Kier alpha value is -1.06. The lowest BCUT2D eigenvalue weighted by molar-refractivity contribution is -0.158. The van der Waals surface area contributed by atoms with Crippen LogP contribution >= 0.6 is 0 Å². The molecule has 0 aliphatic carbocycles. The summed E-state index contributed by atoms with van der Waals surface area (Å²) >= 11 is 0. The highest BCUT2D eigenvalue weighted by atomic mass is 16.6. The Morgan fingerprint density at radius 2 is 1.77 bits per heavy atom. The van der Waals surface area contributed by atoms with Crippen LogP contribution in [0.1, 0.15) is 33.1 Å². The molecule has 0 N–H and O–H groups in total. The van der Waals surface area contributed by atoms with E-state index in [-0.39, 0.29) is 12.6 Å². The monoisotopic (exact) mass is 188 g/mol. The zero-order valence-electron chi connectivity index (χ0n) is 8.17. The first-order valence-corrected chi connectivity index (χ1v) is 4.52. The lowest BCUT2D eigenvalue weighted by Gasteiger charge is -2.03. The molecule has 0 unspecified atom stereocenters. The number of rotatable bonds is 6. The van der Waals surface area contributed by atoms with Crippen molar-refractivity contribution < 1.29 is 19.1 Å². The minimum Gasteiger partial charge on any atom is -0.463 e. The van der Waals surface area contributed by atoms with Crippen LogP contribution in [0.5, 0.6) is 0 Å². The molecule has 0 aliphatic heterocycles. The Bertz CT molecular complexity index is 165. The summed E-state index contributed by atoms with van der Waals surface area (Å²) < 4.78 is 9.23. The summed E-state index contributed by atoms with van der Waals surface area (Å²) in [5.74, 6) is -0.831. The topological polar surface area (TPSA) is 52.6 Å². The Morgan fingerprint density at radius 3 is 2.31 bits per heavy atom. The summed E-state index contributed by atoms with van der Waals surface area (Å²) in [6.45, 7) is 3.73. The van der Waals surface area contributed by atoms with Gasteiger partial charge in [0.1, 0.15) is 0 Å². The van der Waals surface area contributed by atoms with E-state index >= 15 is 0 Å². The highest BCUT2D eigenvalue weighted by Crippen LogP contribution is 1.96. The zero-order chi connectivity index (χ0) is 10.1. The molecule has 0 aromatic rings. The molecule has 13 heavy (non-hydrogen) atoms. The Labute approximate surface area is 78.2 Å². The summed E-state index contributed by atoms with van der Waals surface area (Å²) in [5, 5.41) is 0. The van der Waals surface area contributed by atoms with Crippen LogP contribution < -0.4 is 0 Å². The van der Waals surface area contributed by atoms with Gasteiger partial charge in [-0.2, -0.15) is 0 Å². The Morgan fingerprint density at radius 1 is 1.08 bits per heavy atom. The average molecular weight is 188 g/mol. The smallest absolute Gasteiger partial charge is 0.344 e. The number of hydrogen-bond donors (Lipinski definition) is 0. The highest BCUT2D eigenvalue weighted by molar-refractivity contribution is 5.76. The van der Waals surface area contributed by atoms with Gasteiger partial charge in [-0.05, 0) is 13.3 Å². The second-order valence-corrected chi connectivity index (χ2v) is 2.57. The summed E-state index contributed by atoms with van der Waals surface area (Å²) in [4.78, 5) is 21.6. The van der Waals surface area contributed by atoms with E-state index in [1.807, 2.05) is 6.92 Å². The molecule has 0 fully saturated rings. The van der Waals surface area contributed by atoms with Gasteiger partial charge in [-0.3, -0.25) is 4.79 Å². The van der Waals surface area contributed by atoms with Crippen molar-refractivity contribution in [2.75, 3.05) is 13.2 Å². The third kappa shape index (κ3) is 7.31. The average Bonchev–Trinajstić information content (AvgIpc) is 2.12. The van der Waals surface area contributed by atoms with Crippen LogP contribution in [-0.2, 0) is 19.1 Å². The van der Waals surface area contributed by atoms with E-state index in [1.165, 1.54) is 0 Å². The Kier molecular flexibility index (Phi) is 6.96.